The van der Waals surface area contributed by atoms with Crippen LogP contribution in [0.5, 0.6) is 5.75 Å². The molecule has 5 aromatic rings. The molecule has 0 aliphatic heterocycles. The summed E-state index contributed by atoms with van der Waals surface area (Å²) in [5.74, 6) is 1.43. The summed E-state index contributed by atoms with van der Waals surface area (Å²) >= 11 is 1.34. The van der Waals surface area contributed by atoms with Crippen molar-refractivity contribution < 1.29 is 13.9 Å². The monoisotopic (exact) mass is 430 g/mol. The summed E-state index contributed by atoms with van der Waals surface area (Å²) in [4.78, 5) is 24.5. The number of thioether (sulfide) groups is 1. The van der Waals surface area contributed by atoms with Gasteiger partial charge in [0.25, 0.3) is 0 Å². The molecule has 3 aromatic carbocycles. The summed E-state index contributed by atoms with van der Waals surface area (Å²) in [5.41, 5.74) is 4.82. The number of imidazole rings is 1. The molecule has 0 aliphatic carbocycles. The lowest BCUT2D eigenvalue weighted by atomic mass is 10.2. The van der Waals surface area contributed by atoms with Crippen LogP contribution in [0.25, 0.3) is 33.6 Å². The van der Waals surface area contributed by atoms with Gasteiger partial charge in [0.2, 0.25) is 11.8 Å². The number of nitrogens with one attached hydrogen (secondary N) is 2. The van der Waals surface area contributed by atoms with Gasteiger partial charge >= 0.3 is 0 Å². The largest absolute Gasteiger partial charge is 0.497 e. The number of carbonyl (C=O) groups excluding carboxylic acids is 1. The van der Waals surface area contributed by atoms with E-state index in [1.807, 2.05) is 66.7 Å². The summed E-state index contributed by atoms with van der Waals surface area (Å²) in [7, 11) is 1.62. The number of hydrogen-bond donors (Lipinski definition) is 2. The van der Waals surface area contributed by atoms with Crippen molar-refractivity contribution in [2.45, 2.75) is 5.16 Å². The first-order valence-electron chi connectivity index (χ1n) is 9.60. The smallest absolute Gasteiger partial charge is 0.234 e. The molecule has 1 amide bonds. The lowest BCUT2D eigenvalue weighted by molar-refractivity contribution is -0.113. The number of anilines is 1. The Labute approximate surface area is 181 Å². The van der Waals surface area contributed by atoms with E-state index in [1.165, 1.54) is 11.8 Å². The van der Waals surface area contributed by atoms with Gasteiger partial charge in [-0.05, 0) is 48.5 Å². The molecule has 154 valence electrons. The zero-order valence-electron chi connectivity index (χ0n) is 16.6. The number of amides is 1. The fourth-order valence-electron chi connectivity index (χ4n) is 3.18. The lowest BCUT2D eigenvalue weighted by Crippen LogP contribution is -2.14. The van der Waals surface area contributed by atoms with Crippen molar-refractivity contribution in [3.8, 4) is 17.2 Å². The lowest BCUT2D eigenvalue weighted by Gasteiger charge is -2.05. The molecule has 0 aliphatic rings. The van der Waals surface area contributed by atoms with Crippen LogP contribution in [0.2, 0.25) is 0 Å². The molecule has 0 radical (unpaired) electrons. The Bertz CT molecular complexity index is 1340. The number of fused-ring (bicyclic) bond motifs is 2. The van der Waals surface area contributed by atoms with Crippen LogP contribution in [0.4, 0.5) is 5.69 Å². The highest BCUT2D eigenvalue weighted by atomic mass is 32.2. The number of methoxy groups -OCH3 is 1. The first-order valence-corrected chi connectivity index (χ1v) is 10.6. The summed E-state index contributed by atoms with van der Waals surface area (Å²) in [6.45, 7) is 0. The van der Waals surface area contributed by atoms with E-state index in [1.54, 1.807) is 7.11 Å². The van der Waals surface area contributed by atoms with Crippen LogP contribution in [0.1, 0.15) is 0 Å². The zero-order chi connectivity index (χ0) is 21.2. The summed E-state index contributed by atoms with van der Waals surface area (Å²) in [5, 5.41) is 3.58. The van der Waals surface area contributed by atoms with Gasteiger partial charge < -0.3 is 19.5 Å². The van der Waals surface area contributed by atoms with Crippen LogP contribution >= 0.6 is 11.8 Å². The number of rotatable bonds is 6. The van der Waals surface area contributed by atoms with Crippen molar-refractivity contribution in [3.63, 3.8) is 0 Å². The van der Waals surface area contributed by atoms with E-state index in [-0.39, 0.29) is 11.7 Å². The Hall–Kier alpha value is -3.78. The Morgan fingerprint density at radius 3 is 2.71 bits per heavy atom. The molecule has 2 N–H and O–H groups in total. The second-order valence-electron chi connectivity index (χ2n) is 6.83. The molecule has 0 bridgehead atoms. The van der Waals surface area contributed by atoms with Gasteiger partial charge in [0.05, 0.1) is 23.9 Å². The maximum atomic E-state index is 12.3. The molecule has 2 aromatic heterocycles. The first-order chi connectivity index (χ1) is 15.2. The minimum Gasteiger partial charge on any atom is -0.497 e. The predicted molar refractivity (Wildman–Crippen MR) is 121 cm³/mol. The standard InChI is InChI=1S/C23H18N4O3S/c1-29-16-10-11-17-19(12-16)27-23(26-17)31-13-21(28)24-15-8-6-14(7-9-15)22-25-18-4-2-3-5-20(18)30-22/h2-12H,13H2,1H3,(H,24,28)(H,26,27). The van der Waals surface area contributed by atoms with Gasteiger partial charge in [-0.25, -0.2) is 9.97 Å². The number of oxazole rings is 1. The maximum absolute atomic E-state index is 12.3. The number of aromatic nitrogens is 3. The number of benzene rings is 3. The molecule has 2 heterocycles. The van der Waals surface area contributed by atoms with E-state index in [4.69, 9.17) is 9.15 Å². The minimum absolute atomic E-state index is 0.113. The average Bonchev–Trinajstić information content (AvgIpc) is 3.41. The average molecular weight is 430 g/mol. The SMILES string of the molecule is COc1ccc2nc(SCC(=O)Nc3ccc(-c4nc5ccccc5o4)cc3)[nH]c2c1. The van der Waals surface area contributed by atoms with E-state index in [0.29, 0.717) is 16.7 Å². The van der Waals surface area contributed by atoms with Crippen molar-refractivity contribution in [3.05, 3.63) is 66.7 Å². The van der Waals surface area contributed by atoms with E-state index >= 15 is 0 Å². The molecule has 8 heteroatoms. The molecule has 0 unspecified atom stereocenters. The van der Waals surface area contributed by atoms with Gasteiger partial charge in [0, 0.05) is 17.3 Å². The van der Waals surface area contributed by atoms with Crippen LogP contribution in [-0.2, 0) is 4.79 Å². The Morgan fingerprint density at radius 1 is 1.06 bits per heavy atom. The van der Waals surface area contributed by atoms with Crippen LogP contribution in [0, 0.1) is 0 Å². The van der Waals surface area contributed by atoms with Gasteiger partial charge in [0.15, 0.2) is 10.7 Å². The van der Waals surface area contributed by atoms with E-state index < -0.39 is 0 Å². The van der Waals surface area contributed by atoms with Crippen molar-refractivity contribution in [1.82, 2.24) is 15.0 Å². The van der Waals surface area contributed by atoms with Gasteiger partial charge in [-0.2, -0.15) is 0 Å². The summed E-state index contributed by atoms with van der Waals surface area (Å²) in [6.07, 6.45) is 0. The molecule has 0 spiro atoms. The van der Waals surface area contributed by atoms with Crippen molar-refractivity contribution in [1.29, 1.82) is 0 Å². The third-order valence-corrected chi connectivity index (χ3v) is 5.59. The number of para-hydroxylation sites is 2. The van der Waals surface area contributed by atoms with Crippen molar-refractivity contribution >= 4 is 45.5 Å². The molecule has 7 nitrogen and oxygen atoms in total. The van der Waals surface area contributed by atoms with Crippen LogP contribution < -0.4 is 10.1 Å². The van der Waals surface area contributed by atoms with E-state index in [0.717, 1.165) is 33.4 Å². The molecule has 31 heavy (non-hydrogen) atoms. The van der Waals surface area contributed by atoms with Crippen LogP contribution in [0.15, 0.2) is 76.3 Å². The molecular weight excluding hydrogens is 412 g/mol. The molecule has 0 fully saturated rings. The summed E-state index contributed by atoms with van der Waals surface area (Å²) in [6, 6.07) is 20.7. The second-order valence-corrected chi connectivity index (χ2v) is 7.79. The highest BCUT2D eigenvalue weighted by Crippen LogP contribution is 2.26. The molecular formula is C23H18N4O3S. The molecule has 0 saturated carbocycles. The number of carbonyl (C=O) groups is 1. The van der Waals surface area contributed by atoms with Crippen LogP contribution in [-0.4, -0.2) is 33.7 Å². The second kappa shape index (κ2) is 8.16. The maximum Gasteiger partial charge on any atom is 0.234 e. The third-order valence-electron chi connectivity index (χ3n) is 4.72. The Balaban J connectivity index is 1.21. The fourth-order valence-corrected chi connectivity index (χ4v) is 3.87. The van der Waals surface area contributed by atoms with Gasteiger partial charge in [0.1, 0.15) is 11.3 Å². The number of H-pyrrole nitrogens is 1. The van der Waals surface area contributed by atoms with Crippen molar-refractivity contribution in [2.24, 2.45) is 0 Å². The van der Waals surface area contributed by atoms with Crippen molar-refractivity contribution in [2.75, 3.05) is 18.2 Å². The molecule has 0 atom stereocenters. The predicted octanol–water partition coefficient (Wildman–Crippen LogP) is 5.11. The van der Waals surface area contributed by atoms with E-state index in [2.05, 4.69) is 20.3 Å². The fraction of sp³-hybridized carbons (Fsp3) is 0.0870. The molecule has 0 saturated heterocycles. The topological polar surface area (TPSA) is 93.0 Å². The summed E-state index contributed by atoms with van der Waals surface area (Å²) < 4.78 is 11.0. The normalized spacial score (nSPS) is 11.1. The van der Waals surface area contributed by atoms with Gasteiger partial charge in [-0.15, -0.1) is 0 Å². The number of hydrogen-bond acceptors (Lipinski definition) is 6. The Kier molecular flexibility index (Phi) is 5.05. The first kappa shape index (κ1) is 19.2. The Morgan fingerprint density at radius 2 is 1.90 bits per heavy atom. The van der Waals surface area contributed by atoms with E-state index in [9.17, 15) is 4.79 Å². The minimum atomic E-state index is -0.113. The van der Waals surface area contributed by atoms with Gasteiger partial charge in [-0.1, -0.05) is 23.9 Å². The quantitative estimate of drug-likeness (QED) is 0.364. The number of aromatic amines is 1. The number of ether oxygens (including phenoxy) is 1. The highest BCUT2D eigenvalue weighted by Gasteiger charge is 2.10. The van der Waals surface area contributed by atoms with Gasteiger partial charge in [-0.3, -0.25) is 4.79 Å². The zero-order valence-corrected chi connectivity index (χ0v) is 17.4. The highest BCUT2D eigenvalue weighted by molar-refractivity contribution is 7.99. The molecule has 5 rings (SSSR count). The number of nitrogens with zero attached hydrogens (tertiary/aromatic N) is 2. The third kappa shape index (κ3) is 4.10. The van der Waals surface area contributed by atoms with Crippen LogP contribution in [0.3, 0.4) is 0 Å².